The van der Waals surface area contributed by atoms with E-state index in [2.05, 4.69) is 15.0 Å². The second-order valence-electron chi connectivity index (χ2n) is 5.36. The van der Waals surface area contributed by atoms with E-state index in [-0.39, 0.29) is 22.2 Å². The zero-order valence-corrected chi connectivity index (χ0v) is 14.5. The summed E-state index contributed by atoms with van der Waals surface area (Å²) in [7, 11) is -2.68. The van der Waals surface area contributed by atoms with E-state index < -0.39 is 24.4 Å². The van der Waals surface area contributed by atoms with Crippen LogP contribution in [0.25, 0.3) is 11.0 Å². The van der Waals surface area contributed by atoms with Crippen molar-refractivity contribution < 1.29 is 22.9 Å². The number of H-pyrrole nitrogens is 1. The minimum absolute atomic E-state index is 0.00581. The van der Waals surface area contributed by atoms with Gasteiger partial charge in [-0.25, -0.2) is 4.98 Å². The smallest absolute Gasteiger partial charge is 0.197 e. The molecule has 0 aliphatic rings. The first kappa shape index (κ1) is 13.8. The highest BCUT2D eigenvalue weighted by Gasteiger charge is 2.17. The Hall–Kier alpha value is -2.45. The third-order valence-electron chi connectivity index (χ3n) is 3.86. The van der Waals surface area contributed by atoms with Crippen LogP contribution >= 0.6 is 0 Å². The van der Waals surface area contributed by atoms with Crippen LogP contribution in [0.2, 0.25) is 0 Å². The molecule has 0 radical (unpaired) electrons. The summed E-state index contributed by atoms with van der Waals surface area (Å²) in [6.45, 7) is 1.19. The monoisotopic (exact) mass is 364 g/mol. The molecule has 25 heavy (non-hydrogen) atoms. The van der Waals surface area contributed by atoms with Crippen LogP contribution in [0.1, 0.15) is 20.9 Å². The molecule has 8 heteroatoms. The summed E-state index contributed by atoms with van der Waals surface area (Å²) < 4.78 is 44.9. The van der Waals surface area contributed by atoms with Gasteiger partial charge in [0.05, 0.1) is 58.1 Å². The molecule has 1 atom stereocenters. The number of aliphatic hydroxyl groups excluding tert-OH is 1. The number of hydrogen-bond acceptors (Lipinski definition) is 6. The molecule has 0 spiro atoms. The van der Waals surface area contributed by atoms with E-state index in [1.165, 1.54) is 6.20 Å². The summed E-state index contributed by atoms with van der Waals surface area (Å²) in [5.74, 6) is 0.683. The minimum atomic E-state index is -2.68. The average molecular weight is 364 g/mol. The normalized spacial score (nSPS) is 14.6. The summed E-state index contributed by atoms with van der Waals surface area (Å²) in [4.78, 5) is 11.5. The predicted molar refractivity (Wildman–Crippen MR) is 94.2 cm³/mol. The van der Waals surface area contributed by atoms with Crippen LogP contribution in [0, 0.1) is 6.92 Å². The van der Waals surface area contributed by atoms with E-state index in [0.29, 0.717) is 28.0 Å². The maximum Gasteiger partial charge on any atom is 0.197 e. The second-order valence-corrected chi connectivity index (χ2v) is 6.73. The Kier molecular flexibility index (Phi) is 3.97. The molecule has 2 heterocycles. The first-order valence-electron chi connectivity index (χ1n) is 8.91. The zero-order valence-electron chi connectivity index (χ0n) is 16.7. The fraction of sp³-hybridized carbons (Fsp3) is 0.294. The van der Waals surface area contributed by atoms with Gasteiger partial charge in [-0.05, 0) is 19.1 Å². The number of rotatable bonds is 6. The van der Waals surface area contributed by atoms with E-state index in [1.807, 2.05) is 0 Å². The van der Waals surface area contributed by atoms with Crippen LogP contribution in [-0.4, -0.2) is 38.4 Å². The summed E-state index contributed by atoms with van der Waals surface area (Å²) >= 11 is 0. The number of nitrogens with zero attached hydrogens (tertiary/aromatic N) is 2. The van der Waals surface area contributed by atoms with E-state index in [1.54, 1.807) is 32.2 Å². The highest BCUT2D eigenvalue weighted by Crippen LogP contribution is 2.27. The Morgan fingerprint density at radius 2 is 2.24 bits per heavy atom. The van der Waals surface area contributed by atoms with Gasteiger partial charge >= 0.3 is 0 Å². The molecule has 1 unspecified atom stereocenters. The van der Waals surface area contributed by atoms with Gasteiger partial charge in [-0.2, -0.15) is 0 Å². The van der Waals surface area contributed by atoms with Crippen LogP contribution in [0.4, 0.5) is 0 Å². The van der Waals surface area contributed by atoms with Crippen molar-refractivity contribution in [2.75, 3.05) is 14.1 Å². The summed E-state index contributed by atoms with van der Waals surface area (Å²) in [5, 5.41) is 9.70. The Morgan fingerprint density at radius 1 is 1.40 bits per heavy atom. The average Bonchev–Trinajstić information content (AvgIpc) is 3.07. The van der Waals surface area contributed by atoms with Crippen molar-refractivity contribution in [3.63, 3.8) is 0 Å². The number of pyridine rings is 1. The van der Waals surface area contributed by atoms with Crippen molar-refractivity contribution in [3.05, 3.63) is 41.2 Å². The molecule has 0 aliphatic carbocycles. The van der Waals surface area contributed by atoms with Gasteiger partial charge in [-0.1, -0.05) is 0 Å². The molecule has 2 aromatic heterocycles. The Labute approximate surface area is 151 Å². The van der Waals surface area contributed by atoms with E-state index in [9.17, 15) is 9.32 Å². The number of fused-ring (bicyclic) bond motifs is 1. The van der Waals surface area contributed by atoms with Gasteiger partial charge in [0.25, 0.3) is 0 Å². The Morgan fingerprint density at radius 3 is 2.96 bits per heavy atom. The molecule has 0 bridgehead atoms. The van der Waals surface area contributed by atoms with Gasteiger partial charge in [-0.15, -0.1) is 0 Å². The van der Waals surface area contributed by atoms with Crippen LogP contribution in [0.3, 0.4) is 0 Å². The number of ether oxygens (including phenoxy) is 2. The molecule has 0 saturated carbocycles. The molecule has 132 valence electrons. The maximum absolute atomic E-state index is 12.8. The van der Waals surface area contributed by atoms with Crippen LogP contribution in [-0.2, 0) is 23.2 Å². The third kappa shape index (κ3) is 3.35. The molecule has 0 amide bonds. The summed E-state index contributed by atoms with van der Waals surface area (Å²) in [6, 6.07) is 5.27. The van der Waals surface area contributed by atoms with E-state index in [4.69, 9.17) is 13.6 Å². The first-order valence-corrected chi connectivity index (χ1v) is 8.73. The lowest BCUT2D eigenvalue weighted by Gasteiger charge is -2.12. The lowest BCUT2D eigenvalue weighted by molar-refractivity contribution is 0.272. The highest BCUT2D eigenvalue weighted by atomic mass is 32.2. The van der Waals surface area contributed by atoms with Crippen molar-refractivity contribution in [2.24, 2.45) is 0 Å². The fourth-order valence-corrected chi connectivity index (χ4v) is 3.58. The van der Waals surface area contributed by atoms with Gasteiger partial charge in [0.2, 0.25) is 0 Å². The molecule has 0 saturated heterocycles. The standard InChI is InChI=1S/C17H19N3O4S/c1-10-15(18-7-11(8-21)16(10)24-3)9-25(22)17-19-13-5-4-12(23-2)6-14(13)20-17/h4-7,21H,8-9H2,1-3H3,(H,19,20)/i3D3. The SMILES string of the molecule is [2H]C([2H])([2H])Oc1c(CO)cnc(CS(=O)c2nc3ccc(OC)cc3[nH]2)c1C. The molecular formula is C17H19N3O4S. The lowest BCUT2D eigenvalue weighted by atomic mass is 10.1. The quantitative estimate of drug-likeness (QED) is 0.695. The molecule has 0 fully saturated rings. The van der Waals surface area contributed by atoms with Crippen molar-refractivity contribution in [3.8, 4) is 11.5 Å². The molecule has 3 rings (SSSR count). The van der Waals surface area contributed by atoms with Gasteiger partial charge < -0.3 is 19.6 Å². The zero-order chi connectivity index (χ0) is 20.5. The van der Waals surface area contributed by atoms with Gasteiger partial charge in [0, 0.05) is 23.4 Å². The Bertz CT molecular complexity index is 1040. The minimum Gasteiger partial charge on any atom is -0.497 e. The van der Waals surface area contributed by atoms with Gasteiger partial charge in [-0.3, -0.25) is 9.19 Å². The number of hydrogen-bond donors (Lipinski definition) is 2. The van der Waals surface area contributed by atoms with Gasteiger partial charge in [0.15, 0.2) is 5.16 Å². The molecular weight excluding hydrogens is 342 g/mol. The molecule has 0 aliphatic heterocycles. The summed E-state index contributed by atoms with van der Waals surface area (Å²) in [6.07, 6.45) is 1.32. The van der Waals surface area contributed by atoms with E-state index >= 15 is 0 Å². The highest BCUT2D eigenvalue weighted by molar-refractivity contribution is 7.84. The number of benzene rings is 1. The number of aromatic nitrogens is 3. The van der Waals surface area contributed by atoms with Crippen molar-refractivity contribution >= 4 is 21.8 Å². The molecule has 1 aromatic carbocycles. The summed E-state index contributed by atoms with van der Waals surface area (Å²) in [5.41, 5.74) is 2.39. The van der Waals surface area contributed by atoms with Crippen molar-refractivity contribution in [2.45, 2.75) is 24.4 Å². The van der Waals surface area contributed by atoms with Crippen molar-refractivity contribution in [1.82, 2.24) is 15.0 Å². The molecule has 7 nitrogen and oxygen atoms in total. The predicted octanol–water partition coefficient (Wildman–Crippen LogP) is 2.08. The largest absolute Gasteiger partial charge is 0.497 e. The van der Waals surface area contributed by atoms with Gasteiger partial charge in [0.1, 0.15) is 11.5 Å². The first-order chi connectivity index (χ1) is 13.2. The Balaban J connectivity index is 1.90. The fourth-order valence-electron chi connectivity index (χ4n) is 2.48. The number of nitrogens with one attached hydrogen (secondary N) is 1. The van der Waals surface area contributed by atoms with E-state index in [0.717, 1.165) is 0 Å². The maximum atomic E-state index is 12.8. The van der Waals surface area contributed by atoms with Crippen LogP contribution < -0.4 is 9.47 Å². The molecule has 2 N–H and O–H groups in total. The molecule has 3 aromatic rings. The number of aromatic amines is 1. The van der Waals surface area contributed by atoms with Crippen LogP contribution in [0.5, 0.6) is 11.5 Å². The van der Waals surface area contributed by atoms with Crippen molar-refractivity contribution in [1.29, 1.82) is 0 Å². The topological polar surface area (TPSA) is 97.3 Å². The number of methoxy groups -OCH3 is 2. The second kappa shape index (κ2) is 7.20. The lowest BCUT2D eigenvalue weighted by Crippen LogP contribution is -2.06. The van der Waals surface area contributed by atoms with Crippen LogP contribution in [0.15, 0.2) is 29.6 Å². The third-order valence-corrected chi connectivity index (χ3v) is 5.02. The number of imidazole rings is 1. The number of aliphatic hydroxyl groups is 1.